The minimum atomic E-state index is -0.964. The second kappa shape index (κ2) is 5.74. The van der Waals surface area contributed by atoms with Crippen molar-refractivity contribution < 1.29 is 14.1 Å². The number of H-pyrrole nitrogens is 1. The van der Waals surface area contributed by atoms with Crippen molar-refractivity contribution in [3.63, 3.8) is 0 Å². The van der Waals surface area contributed by atoms with Gasteiger partial charge in [0.05, 0.1) is 29.5 Å². The second-order valence-electron chi connectivity index (χ2n) is 5.04. The van der Waals surface area contributed by atoms with E-state index >= 15 is 0 Å². The highest BCUT2D eigenvalue weighted by Crippen LogP contribution is 2.33. The molecule has 0 radical (unpaired) electrons. The summed E-state index contributed by atoms with van der Waals surface area (Å²) >= 11 is 0. The first-order valence-electron chi connectivity index (χ1n) is 6.81. The first-order valence-corrected chi connectivity index (χ1v) is 6.81. The summed E-state index contributed by atoms with van der Waals surface area (Å²) in [6.45, 7) is 0. The minimum absolute atomic E-state index is 0.0387. The van der Waals surface area contributed by atoms with Gasteiger partial charge in [-0.3, -0.25) is 0 Å². The van der Waals surface area contributed by atoms with Gasteiger partial charge in [-0.25, -0.2) is 0 Å². The fraction of sp³-hybridized carbons (Fsp3) is 0.133. The van der Waals surface area contributed by atoms with Crippen molar-refractivity contribution in [3.8, 4) is 12.1 Å². The van der Waals surface area contributed by atoms with Crippen LogP contribution >= 0.6 is 0 Å². The molecule has 0 spiro atoms. The molecule has 0 aliphatic heterocycles. The van der Waals surface area contributed by atoms with Crippen LogP contribution in [-0.4, -0.2) is 15.8 Å². The van der Waals surface area contributed by atoms with Gasteiger partial charge in [0.1, 0.15) is 0 Å². The highest BCUT2D eigenvalue weighted by atomic mass is 16.8. The third kappa shape index (κ3) is 2.21. The summed E-state index contributed by atoms with van der Waals surface area (Å²) in [5.41, 5.74) is 0.171. The third-order valence-corrected chi connectivity index (χ3v) is 3.83. The fourth-order valence-electron chi connectivity index (χ4n) is 2.76. The summed E-state index contributed by atoms with van der Waals surface area (Å²) in [6, 6.07) is 10.4. The molecule has 1 heterocycles. The van der Waals surface area contributed by atoms with Gasteiger partial charge < -0.3 is 10.4 Å². The summed E-state index contributed by atoms with van der Waals surface area (Å²) < 4.78 is 4.66. The van der Waals surface area contributed by atoms with Gasteiger partial charge in [0.25, 0.3) is 17.1 Å². The zero-order valence-electron chi connectivity index (χ0n) is 12.0. The van der Waals surface area contributed by atoms with E-state index in [0.29, 0.717) is 5.56 Å². The molecule has 2 aromatic rings. The van der Waals surface area contributed by atoms with Crippen molar-refractivity contribution in [2.75, 3.05) is 0 Å². The Morgan fingerprint density at radius 2 is 2.08 bits per heavy atom. The number of nitrogens with one attached hydrogen (secondary N) is 1. The van der Waals surface area contributed by atoms with E-state index < -0.39 is 16.7 Å². The van der Waals surface area contributed by atoms with Crippen LogP contribution in [0.2, 0.25) is 0 Å². The van der Waals surface area contributed by atoms with Gasteiger partial charge in [-0.2, -0.15) is 15.4 Å². The Kier molecular flexibility index (Phi) is 3.60. The van der Waals surface area contributed by atoms with Crippen LogP contribution in [0.3, 0.4) is 0 Å². The third-order valence-electron chi connectivity index (χ3n) is 3.83. The standard InChI is InChI=1S/C15H9N5O4/c16-7-9-3-1-2-4-10(9)12(8-17)11-5-6-13-14(15(11)19(21)22)18-24-20(13)23/h1-6,11-12,18H. The van der Waals surface area contributed by atoms with Crippen molar-refractivity contribution in [3.05, 3.63) is 68.2 Å². The molecule has 1 aromatic carbocycles. The summed E-state index contributed by atoms with van der Waals surface area (Å²) in [7, 11) is 0. The molecule has 1 aliphatic rings. The van der Waals surface area contributed by atoms with E-state index in [9.17, 15) is 25.8 Å². The molecule has 9 heteroatoms. The largest absolute Gasteiger partial charge is 0.612 e. The first kappa shape index (κ1) is 15.1. The molecule has 0 saturated heterocycles. The van der Waals surface area contributed by atoms with Gasteiger partial charge in [-0.05, 0) is 22.6 Å². The van der Waals surface area contributed by atoms with Gasteiger partial charge in [0, 0.05) is 0 Å². The number of rotatable bonds is 2. The van der Waals surface area contributed by atoms with Gasteiger partial charge in [0.2, 0.25) is 0 Å². The Morgan fingerprint density at radius 1 is 1.33 bits per heavy atom. The summed E-state index contributed by atoms with van der Waals surface area (Å²) in [5.74, 6) is -1.91. The van der Waals surface area contributed by atoms with E-state index in [1.54, 1.807) is 24.3 Å². The molecule has 2 atom stereocenters. The Labute approximate surface area is 134 Å². The van der Waals surface area contributed by atoms with Crippen molar-refractivity contribution in [1.82, 2.24) is 5.16 Å². The van der Waals surface area contributed by atoms with Crippen LogP contribution in [0.5, 0.6) is 0 Å². The molecular formula is C15H9N5O4. The molecule has 1 aromatic heterocycles. The molecule has 2 unspecified atom stereocenters. The first-order chi connectivity index (χ1) is 11.6. The lowest BCUT2D eigenvalue weighted by atomic mass is 9.78. The lowest BCUT2D eigenvalue weighted by molar-refractivity contribution is -0.714. The highest BCUT2D eigenvalue weighted by Gasteiger charge is 2.42. The fourth-order valence-corrected chi connectivity index (χ4v) is 2.76. The zero-order valence-corrected chi connectivity index (χ0v) is 12.0. The Bertz CT molecular complexity index is 998. The predicted molar refractivity (Wildman–Crippen MR) is 79.6 cm³/mol. The summed E-state index contributed by atoms with van der Waals surface area (Å²) in [5, 5.41) is 44.1. The second-order valence-corrected chi connectivity index (χ2v) is 5.04. The van der Waals surface area contributed by atoms with Gasteiger partial charge in [0.15, 0.2) is 4.60 Å². The number of nitrogens with zero attached hydrogens (tertiary/aromatic N) is 4. The molecule has 0 bridgehead atoms. The summed E-state index contributed by atoms with van der Waals surface area (Å²) in [6.07, 6.45) is 2.76. The average Bonchev–Trinajstić information content (AvgIpc) is 2.96. The van der Waals surface area contributed by atoms with Gasteiger partial charge in [-0.1, -0.05) is 34.1 Å². The topological polar surface area (TPSA) is 149 Å². The SMILES string of the molecule is N#Cc1ccccc1C(C#N)C1C=Cc2c([nH]o[n+]2=O)C1=[N+]([O-])[O-]. The van der Waals surface area contributed by atoms with Crippen LogP contribution in [0.25, 0.3) is 6.08 Å². The number of hydrogen-bond donors (Lipinski definition) is 1. The molecule has 9 nitrogen and oxygen atoms in total. The number of benzene rings is 1. The number of nitriles is 2. The molecule has 0 fully saturated rings. The molecular weight excluding hydrogens is 314 g/mol. The van der Waals surface area contributed by atoms with Crippen molar-refractivity contribution in [1.29, 1.82) is 10.5 Å². The minimum Gasteiger partial charge on any atom is -0.612 e. The number of allylic oxidation sites excluding steroid dienone is 1. The van der Waals surface area contributed by atoms with Crippen LogP contribution in [0.4, 0.5) is 0 Å². The number of aromatic amines is 1. The smallest absolute Gasteiger partial charge is 0.288 e. The maximum Gasteiger partial charge on any atom is 0.288 e. The highest BCUT2D eigenvalue weighted by molar-refractivity contribution is 6.03. The van der Waals surface area contributed by atoms with Crippen molar-refractivity contribution in [2.24, 2.45) is 5.92 Å². The Hall–Kier alpha value is -3.85. The van der Waals surface area contributed by atoms with Gasteiger partial charge >= 0.3 is 0 Å². The molecule has 0 amide bonds. The van der Waals surface area contributed by atoms with Crippen LogP contribution in [0, 0.1) is 43.9 Å². The molecule has 24 heavy (non-hydrogen) atoms. The van der Waals surface area contributed by atoms with Gasteiger partial charge in [-0.15, -0.1) is 0 Å². The van der Waals surface area contributed by atoms with E-state index in [4.69, 9.17) is 0 Å². The Morgan fingerprint density at radius 3 is 2.75 bits per heavy atom. The van der Waals surface area contributed by atoms with E-state index in [-0.39, 0.29) is 27.3 Å². The lowest BCUT2D eigenvalue weighted by Gasteiger charge is -2.21. The Balaban J connectivity index is 2.18. The van der Waals surface area contributed by atoms with Crippen LogP contribution in [-0.2, 0) is 0 Å². The molecule has 0 saturated carbocycles. The molecule has 3 rings (SSSR count). The van der Waals surface area contributed by atoms with Crippen molar-refractivity contribution >= 4 is 11.8 Å². The molecule has 118 valence electrons. The monoisotopic (exact) mass is 323 g/mol. The maximum atomic E-state index is 11.5. The number of aromatic nitrogens is 2. The molecule has 1 aliphatic carbocycles. The number of fused-ring (bicyclic) bond motifs is 1. The average molecular weight is 323 g/mol. The van der Waals surface area contributed by atoms with Crippen LogP contribution in [0.1, 0.15) is 28.4 Å². The van der Waals surface area contributed by atoms with Crippen LogP contribution in [0.15, 0.2) is 35.0 Å². The van der Waals surface area contributed by atoms with E-state index in [1.807, 2.05) is 12.1 Å². The van der Waals surface area contributed by atoms with E-state index in [0.717, 1.165) is 0 Å². The zero-order chi connectivity index (χ0) is 17.3. The lowest BCUT2D eigenvalue weighted by Crippen LogP contribution is -2.31. The van der Waals surface area contributed by atoms with Crippen molar-refractivity contribution in [2.45, 2.75) is 5.92 Å². The maximum absolute atomic E-state index is 11.5. The number of hydrogen-bond acceptors (Lipinski definition) is 6. The van der Waals surface area contributed by atoms with E-state index in [1.165, 1.54) is 12.2 Å². The summed E-state index contributed by atoms with van der Waals surface area (Å²) in [4.78, 5) is 10.8. The van der Waals surface area contributed by atoms with E-state index in [2.05, 4.69) is 9.79 Å². The van der Waals surface area contributed by atoms with Crippen LogP contribution < -0.4 is 4.60 Å². The normalized spacial score (nSPS) is 16.8. The molecule has 1 N–H and O–H groups in total. The quantitative estimate of drug-likeness (QED) is 0.647. The predicted octanol–water partition coefficient (Wildman–Crippen LogP) is 1.14.